The summed E-state index contributed by atoms with van der Waals surface area (Å²) in [6, 6.07) is 7.33. The molecule has 0 radical (unpaired) electrons. The summed E-state index contributed by atoms with van der Waals surface area (Å²) in [7, 11) is 0. The molecule has 0 aliphatic carbocycles. The SMILES string of the molecule is CCSc1cccc(C(=O)OC(C)C)c1COc1ccn(S)n1. The average molecular weight is 352 g/mol. The Labute approximate surface area is 145 Å². The summed E-state index contributed by atoms with van der Waals surface area (Å²) in [5.41, 5.74) is 1.35. The van der Waals surface area contributed by atoms with Gasteiger partial charge in [-0.1, -0.05) is 13.0 Å². The number of carbonyl (C=O) groups is 1. The van der Waals surface area contributed by atoms with Crippen LogP contribution in [0, 0.1) is 0 Å². The number of hydrogen-bond acceptors (Lipinski definition) is 6. The van der Waals surface area contributed by atoms with E-state index < -0.39 is 0 Å². The number of benzene rings is 1. The Balaban J connectivity index is 2.26. The molecule has 2 rings (SSSR count). The van der Waals surface area contributed by atoms with E-state index in [1.807, 2.05) is 26.0 Å². The molecule has 1 heterocycles. The van der Waals surface area contributed by atoms with Gasteiger partial charge in [-0.25, -0.2) is 8.88 Å². The zero-order chi connectivity index (χ0) is 16.8. The van der Waals surface area contributed by atoms with E-state index in [0.29, 0.717) is 11.4 Å². The molecule has 0 amide bonds. The number of hydrogen-bond donors (Lipinski definition) is 1. The number of thiol groups is 1. The molecule has 7 heteroatoms. The summed E-state index contributed by atoms with van der Waals surface area (Å²) in [6.45, 7) is 5.98. The largest absolute Gasteiger partial charge is 0.472 e. The van der Waals surface area contributed by atoms with Crippen LogP contribution in [0.3, 0.4) is 0 Å². The molecule has 1 aromatic heterocycles. The van der Waals surface area contributed by atoms with Crippen molar-refractivity contribution >= 4 is 30.5 Å². The highest BCUT2D eigenvalue weighted by Crippen LogP contribution is 2.27. The first-order valence-electron chi connectivity index (χ1n) is 7.34. The smallest absolute Gasteiger partial charge is 0.338 e. The second kappa shape index (κ2) is 8.31. The van der Waals surface area contributed by atoms with Gasteiger partial charge >= 0.3 is 5.97 Å². The second-order valence-electron chi connectivity index (χ2n) is 5.03. The highest BCUT2D eigenvalue weighted by atomic mass is 32.2. The Bertz CT molecular complexity index is 671. The van der Waals surface area contributed by atoms with Gasteiger partial charge in [-0.3, -0.25) is 0 Å². The lowest BCUT2D eigenvalue weighted by Gasteiger charge is -2.15. The maximum absolute atomic E-state index is 12.3. The van der Waals surface area contributed by atoms with Gasteiger partial charge in [0.15, 0.2) is 0 Å². The van der Waals surface area contributed by atoms with Gasteiger partial charge in [-0.05, 0) is 44.5 Å². The zero-order valence-corrected chi connectivity index (χ0v) is 15.1. The normalized spacial score (nSPS) is 10.8. The molecule has 1 aromatic carbocycles. The Hall–Kier alpha value is -1.60. The maximum Gasteiger partial charge on any atom is 0.338 e. The van der Waals surface area contributed by atoms with Crippen molar-refractivity contribution in [2.24, 2.45) is 0 Å². The topological polar surface area (TPSA) is 53.4 Å². The van der Waals surface area contributed by atoms with Crippen LogP contribution in [0.2, 0.25) is 0 Å². The molecule has 0 saturated carbocycles. The number of carbonyl (C=O) groups excluding carboxylic acids is 1. The number of ether oxygens (including phenoxy) is 2. The van der Waals surface area contributed by atoms with E-state index in [9.17, 15) is 4.79 Å². The minimum atomic E-state index is -0.336. The molecule has 0 aliphatic rings. The van der Waals surface area contributed by atoms with Crippen LogP contribution in [0.15, 0.2) is 35.4 Å². The number of rotatable bonds is 7. The Kier molecular flexibility index (Phi) is 6.41. The van der Waals surface area contributed by atoms with Gasteiger partial charge < -0.3 is 9.47 Å². The summed E-state index contributed by atoms with van der Waals surface area (Å²) in [5, 5.41) is 4.06. The van der Waals surface area contributed by atoms with Crippen LogP contribution < -0.4 is 4.74 Å². The molecule has 0 saturated heterocycles. The molecule has 0 bridgehead atoms. The van der Waals surface area contributed by atoms with E-state index in [1.165, 1.54) is 4.09 Å². The Morgan fingerprint density at radius 3 is 2.78 bits per heavy atom. The lowest BCUT2D eigenvalue weighted by Crippen LogP contribution is -2.15. The summed E-state index contributed by atoms with van der Waals surface area (Å²) >= 11 is 5.74. The van der Waals surface area contributed by atoms with Gasteiger partial charge in [-0.2, -0.15) is 0 Å². The van der Waals surface area contributed by atoms with Crippen LogP contribution in [0.4, 0.5) is 0 Å². The second-order valence-corrected chi connectivity index (χ2v) is 6.75. The Morgan fingerprint density at radius 2 is 2.17 bits per heavy atom. The molecule has 0 aliphatic heterocycles. The summed E-state index contributed by atoms with van der Waals surface area (Å²) in [4.78, 5) is 13.3. The maximum atomic E-state index is 12.3. The molecule has 0 N–H and O–H groups in total. The van der Waals surface area contributed by atoms with Gasteiger partial charge in [-0.15, -0.1) is 16.9 Å². The van der Waals surface area contributed by atoms with Gasteiger partial charge in [0.25, 0.3) is 0 Å². The first-order valence-corrected chi connectivity index (χ1v) is 8.73. The lowest BCUT2D eigenvalue weighted by molar-refractivity contribution is 0.0374. The third-order valence-electron chi connectivity index (χ3n) is 2.91. The molecule has 2 aromatic rings. The van der Waals surface area contributed by atoms with Crippen molar-refractivity contribution in [1.82, 2.24) is 9.19 Å². The van der Waals surface area contributed by atoms with Crippen molar-refractivity contribution < 1.29 is 14.3 Å². The molecule has 0 spiro atoms. The van der Waals surface area contributed by atoms with Crippen molar-refractivity contribution in [2.45, 2.75) is 38.4 Å². The molecular formula is C16H20N2O3S2. The predicted octanol–water partition coefficient (Wildman–Crippen LogP) is 3.83. The molecule has 124 valence electrons. The van der Waals surface area contributed by atoms with E-state index >= 15 is 0 Å². The summed E-state index contributed by atoms with van der Waals surface area (Å²) in [6.07, 6.45) is 1.51. The van der Waals surface area contributed by atoms with Crippen molar-refractivity contribution in [3.63, 3.8) is 0 Å². The van der Waals surface area contributed by atoms with Crippen LogP contribution in [-0.4, -0.2) is 27.0 Å². The van der Waals surface area contributed by atoms with Crippen molar-refractivity contribution in [3.05, 3.63) is 41.6 Å². The fraction of sp³-hybridized carbons (Fsp3) is 0.375. The van der Waals surface area contributed by atoms with Crippen molar-refractivity contribution in [1.29, 1.82) is 0 Å². The lowest BCUT2D eigenvalue weighted by atomic mass is 10.1. The minimum Gasteiger partial charge on any atom is -0.472 e. The van der Waals surface area contributed by atoms with Gasteiger partial charge in [0.2, 0.25) is 5.88 Å². The highest BCUT2D eigenvalue weighted by Gasteiger charge is 2.18. The zero-order valence-electron chi connectivity index (χ0n) is 13.4. The molecule has 5 nitrogen and oxygen atoms in total. The van der Waals surface area contributed by atoms with E-state index in [2.05, 4.69) is 24.8 Å². The van der Waals surface area contributed by atoms with E-state index in [4.69, 9.17) is 9.47 Å². The average Bonchev–Trinajstić information content (AvgIpc) is 2.91. The fourth-order valence-electron chi connectivity index (χ4n) is 2.00. The quantitative estimate of drug-likeness (QED) is 0.466. The highest BCUT2D eigenvalue weighted by molar-refractivity contribution is 7.99. The molecule has 23 heavy (non-hydrogen) atoms. The first kappa shape index (κ1) is 17.7. The predicted molar refractivity (Wildman–Crippen MR) is 94.3 cm³/mol. The molecule has 0 unspecified atom stereocenters. The van der Waals surface area contributed by atoms with Crippen LogP contribution >= 0.6 is 24.6 Å². The van der Waals surface area contributed by atoms with E-state index in [1.54, 1.807) is 30.1 Å². The number of esters is 1. The van der Waals surface area contributed by atoms with Crippen LogP contribution in [0.1, 0.15) is 36.7 Å². The number of nitrogens with zero attached hydrogens (tertiary/aromatic N) is 2. The van der Waals surface area contributed by atoms with E-state index in [-0.39, 0.29) is 18.7 Å². The van der Waals surface area contributed by atoms with Crippen LogP contribution in [-0.2, 0) is 11.3 Å². The number of thioether (sulfide) groups is 1. The van der Waals surface area contributed by atoms with Gasteiger partial charge in [0.05, 0.1) is 11.7 Å². The van der Waals surface area contributed by atoms with E-state index in [0.717, 1.165) is 16.2 Å². The van der Waals surface area contributed by atoms with Gasteiger partial charge in [0.1, 0.15) is 6.61 Å². The third kappa shape index (κ3) is 4.94. The number of aromatic nitrogens is 2. The molecule has 0 atom stereocenters. The first-order chi connectivity index (χ1) is 11.0. The monoisotopic (exact) mass is 352 g/mol. The fourth-order valence-corrected chi connectivity index (χ4v) is 2.98. The van der Waals surface area contributed by atoms with Crippen LogP contribution in [0.5, 0.6) is 5.88 Å². The third-order valence-corrected chi connectivity index (χ3v) is 4.12. The summed E-state index contributed by atoms with van der Waals surface area (Å²) in [5.74, 6) is 1.03. The molecular weight excluding hydrogens is 332 g/mol. The summed E-state index contributed by atoms with van der Waals surface area (Å²) < 4.78 is 12.4. The minimum absolute atomic E-state index is 0.168. The van der Waals surface area contributed by atoms with Crippen molar-refractivity contribution in [3.8, 4) is 5.88 Å². The van der Waals surface area contributed by atoms with Gasteiger partial charge in [0, 0.05) is 22.7 Å². The van der Waals surface area contributed by atoms with Crippen LogP contribution in [0.25, 0.3) is 0 Å². The molecule has 0 fully saturated rings. The van der Waals surface area contributed by atoms with Crippen molar-refractivity contribution in [2.75, 3.05) is 5.75 Å². The standard InChI is InChI=1S/C16H20N2O3S2/c1-4-23-14-7-5-6-12(16(19)21-11(2)3)13(14)10-20-15-8-9-18(22)17-15/h5-9,11,22H,4,10H2,1-3H3. The Morgan fingerprint density at radius 1 is 1.39 bits per heavy atom.